The molecule has 0 radical (unpaired) electrons. The molecule has 0 aliphatic heterocycles. The fourth-order valence-corrected chi connectivity index (χ4v) is 2.10. The zero-order valence-corrected chi connectivity index (χ0v) is 11.3. The monoisotopic (exact) mass is 252 g/mol. The van der Waals surface area contributed by atoms with Gasteiger partial charge in [-0.15, -0.1) is 0 Å². The van der Waals surface area contributed by atoms with Crippen molar-refractivity contribution in [3.63, 3.8) is 0 Å². The molecule has 0 aromatic heterocycles. The van der Waals surface area contributed by atoms with Crippen LogP contribution in [0.5, 0.6) is 5.75 Å². The smallest absolute Gasteiger partial charge is 0.122 e. The van der Waals surface area contributed by atoms with E-state index in [1.165, 1.54) is 0 Å². The second-order valence-corrected chi connectivity index (χ2v) is 4.39. The van der Waals surface area contributed by atoms with E-state index in [1.54, 1.807) is 6.07 Å². The fourth-order valence-electron chi connectivity index (χ4n) is 2.10. The Labute approximate surface area is 109 Å². The number of benzene rings is 1. The zero-order valence-electron chi connectivity index (χ0n) is 11.3. The summed E-state index contributed by atoms with van der Waals surface area (Å²) in [5.74, 6) is 0.241. The summed E-state index contributed by atoms with van der Waals surface area (Å²) in [6, 6.07) is 5.41. The number of aromatic hydroxyl groups is 1. The van der Waals surface area contributed by atoms with E-state index in [0.29, 0.717) is 12.8 Å². The van der Waals surface area contributed by atoms with Gasteiger partial charge in [0.15, 0.2) is 0 Å². The highest BCUT2D eigenvalue weighted by Gasteiger charge is 2.12. The minimum Gasteiger partial charge on any atom is -0.508 e. The molecule has 18 heavy (non-hydrogen) atoms. The number of phenols is 1. The van der Waals surface area contributed by atoms with Crippen LogP contribution in [0.4, 0.5) is 5.69 Å². The number of aliphatic hydroxyl groups excluding tert-OH is 1. The molecular formula is C14H24N2O2. The highest BCUT2D eigenvalue weighted by molar-refractivity contribution is 5.53. The molecule has 0 heterocycles. The van der Waals surface area contributed by atoms with E-state index in [2.05, 4.69) is 18.7 Å². The third-order valence-corrected chi connectivity index (χ3v) is 3.22. The molecule has 0 fully saturated rings. The van der Waals surface area contributed by atoms with Crippen molar-refractivity contribution in [1.82, 2.24) is 0 Å². The van der Waals surface area contributed by atoms with Gasteiger partial charge in [-0.3, -0.25) is 0 Å². The van der Waals surface area contributed by atoms with Crippen LogP contribution in [0.15, 0.2) is 18.2 Å². The molecule has 0 spiro atoms. The van der Waals surface area contributed by atoms with E-state index in [9.17, 15) is 5.11 Å². The van der Waals surface area contributed by atoms with Gasteiger partial charge in [0, 0.05) is 43.1 Å². The molecule has 0 bridgehead atoms. The first-order valence-electron chi connectivity index (χ1n) is 6.58. The first kappa shape index (κ1) is 14.8. The molecule has 0 unspecified atom stereocenters. The predicted octanol–water partition coefficient (Wildman–Crippen LogP) is 2.01. The number of nitrogens with two attached hydrogens (primary N) is 1. The van der Waals surface area contributed by atoms with Crippen LogP contribution >= 0.6 is 0 Å². The molecule has 0 aliphatic rings. The van der Waals surface area contributed by atoms with Gasteiger partial charge in [0.25, 0.3) is 0 Å². The number of rotatable bonds is 7. The van der Waals surface area contributed by atoms with E-state index in [0.717, 1.165) is 24.3 Å². The minimum atomic E-state index is -0.220. The standard InChI is InChI=1S/C14H24N2O2/c1-3-16(4-2)11-7-8-12(14(18)10-11)13(15)6-5-9-17/h7-8,10,13,17-18H,3-6,9,15H2,1-2H3/t13-/m0/s1. The van der Waals surface area contributed by atoms with Gasteiger partial charge in [-0.25, -0.2) is 0 Å². The van der Waals surface area contributed by atoms with Gasteiger partial charge in [-0.1, -0.05) is 6.07 Å². The Bertz CT molecular complexity index is 365. The van der Waals surface area contributed by atoms with Gasteiger partial charge in [0.2, 0.25) is 0 Å². The summed E-state index contributed by atoms with van der Waals surface area (Å²) in [7, 11) is 0. The molecule has 0 saturated heterocycles. The van der Waals surface area contributed by atoms with E-state index in [1.807, 2.05) is 12.1 Å². The molecule has 102 valence electrons. The Kier molecular flexibility index (Phi) is 5.95. The third-order valence-electron chi connectivity index (χ3n) is 3.22. The number of nitrogens with zero attached hydrogens (tertiary/aromatic N) is 1. The van der Waals surface area contributed by atoms with Crippen molar-refractivity contribution in [1.29, 1.82) is 0 Å². The van der Waals surface area contributed by atoms with E-state index < -0.39 is 0 Å². The van der Waals surface area contributed by atoms with Gasteiger partial charge in [0.05, 0.1) is 0 Å². The summed E-state index contributed by atoms with van der Waals surface area (Å²) in [5.41, 5.74) is 7.75. The van der Waals surface area contributed by atoms with Crippen LogP contribution in [0.1, 0.15) is 38.3 Å². The average molecular weight is 252 g/mol. The number of anilines is 1. The lowest BCUT2D eigenvalue weighted by molar-refractivity contribution is 0.279. The predicted molar refractivity (Wildman–Crippen MR) is 74.9 cm³/mol. The highest BCUT2D eigenvalue weighted by Crippen LogP contribution is 2.29. The summed E-state index contributed by atoms with van der Waals surface area (Å²) >= 11 is 0. The van der Waals surface area contributed by atoms with E-state index in [4.69, 9.17) is 10.8 Å². The molecule has 1 atom stereocenters. The third kappa shape index (κ3) is 3.62. The average Bonchev–Trinajstić information content (AvgIpc) is 2.37. The summed E-state index contributed by atoms with van der Waals surface area (Å²) in [5, 5.41) is 18.8. The van der Waals surface area contributed by atoms with Crippen LogP contribution < -0.4 is 10.6 Å². The molecule has 1 rings (SSSR count). The zero-order chi connectivity index (χ0) is 13.5. The second-order valence-electron chi connectivity index (χ2n) is 4.39. The molecule has 0 aliphatic carbocycles. The molecular weight excluding hydrogens is 228 g/mol. The van der Waals surface area contributed by atoms with Crippen molar-refractivity contribution in [2.45, 2.75) is 32.7 Å². The lowest BCUT2D eigenvalue weighted by Gasteiger charge is -2.22. The Morgan fingerprint density at radius 3 is 2.44 bits per heavy atom. The van der Waals surface area contributed by atoms with Crippen LogP contribution in [0.2, 0.25) is 0 Å². The number of aliphatic hydroxyl groups is 1. The number of hydrogen-bond donors (Lipinski definition) is 3. The maximum atomic E-state index is 10.0. The van der Waals surface area contributed by atoms with Gasteiger partial charge in [-0.05, 0) is 32.8 Å². The Morgan fingerprint density at radius 2 is 1.94 bits per heavy atom. The number of hydrogen-bond acceptors (Lipinski definition) is 4. The second kappa shape index (κ2) is 7.24. The summed E-state index contributed by atoms with van der Waals surface area (Å²) in [6.07, 6.45) is 1.33. The Morgan fingerprint density at radius 1 is 1.28 bits per heavy atom. The summed E-state index contributed by atoms with van der Waals surface area (Å²) < 4.78 is 0. The van der Waals surface area contributed by atoms with Crippen molar-refractivity contribution < 1.29 is 10.2 Å². The van der Waals surface area contributed by atoms with Gasteiger partial charge >= 0.3 is 0 Å². The largest absolute Gasteiger partial charge is 0.508 e. The Balaban J connectivity index is 2.85. The van der Waals surface area contributed by atoms with Crippen molar-refractivity contribution in [2.24, 2.45) is 5.73 Å². The molecule has 4 N–H and O–H groups in total. The molecule has 0 amide bonds. The molecule has 1 aromatic carbocycles. The first-order valence-corrected chi connectivity index (χ1v) is 6.58. The van der Waals surface area contributed by atoms with Gasteiger partial charge in [-0.2, -0.15) is 0 Å². The van der Waals surface area contributed by atoms with Crippen molar-refractivity contribution in [3.8, 4) is 5.75 Å². The lowest BCUT2D eigenvalue weighted by Crippen LogP contribution is -2.21. The Hall–Kier alpha value is -1.26. The van der Waals surface area contributed by atoms with E-state index in [-0.39, 0.29) is 18.4 Å². The highest BCUT2D eigenvalue weighted by atomic mass is 16.3. The van der Waals surface area contributed by atoms with Crippen molar-refractivity contribution in [2.75, 3.05) is 24.6 Å². The summed E-state index contributed by atoms with van der Waals surface area (Å²) in [6.45, 7) is 6.12. The van der Waals surface area contributed by atoms with Crippen LogP contribution in [0.25, 0.3) is 0 Å². The SMILES string of the molecule is CCN(CC)c1ccc([C@@H](N)CCCO)c(O)c1. The molecule has 0 saturated carbocycles. The fraction of sp³-hybridized carbons (Fsp3) is 0.571. The quantitative estimate of drug-likeness (QED) is 0.694. The van der Waals surface area contributed by atoms with Crippen molar-refractivity contribution >= 4 is 5.69 Å². The molecule has 4 nitrogen and oxygen atoms in total. The minimum absolute atomic E-state index is 0.131. The first-order chi connectivity index (χ1) is 8.63. The summed E-state index contributed by atoms with van der Waals surface area (Å²) in [4.78, 5) is 2.17. The van der Waals surface area contributed by atoms with Crippen molar-refractivity contribution in [3.05, 3.63) is 23.8 Å². The van der Waals surface area contributed by atoms with Crippen LogP contribution in [-0.2, 0) is 0 Å². The molecule has 4 heteroatoms. The molecule has 1 aromatic rings. The normalized spacial score (nSPS) is 12.4. The lowest BCUT2D eigenvalue weighted by atomic mass is 10.0. The van der Waals surface area contributed by atoms with E-state index >= 15 is 0 Å². The van der Waals surface area contributed by atoms with Crippen LogP contribution in [0.3, 0.4) is 0 Å². The van der Waals surface area contributed by atoms with Gasteiger partial charge in [0.1, 0.15) is 5.75 Å². The topological polar surface area (TPSA) is 69.7 Å². The maximum absolute atomic E-state index is 10.0. The van der Waals surface area contributed by atoms with Gasteiger partial charge < -0.3 is 20.8 Å². The van der Waals surface area contributed by atoms with Crippen LogP contribution in [-0.4, -0.2) is 29.9 Å². The van der Waals surface area contributed by atoms with Crippen LogP contribution in [0, 0.1) is 0 Å². The maximum Gasteiger partial charge on any atom is 0.122 e. The number of phenolic OH excluding ortho intramolecular Hbond substituents is 1.